The summed E-state index contributed by atoms with van der Waals surface area (Å²) in [7, 11) is 0. The molecule has 0 fully saturated rings. The van der Waals surface area contributed by atoms with Crippen molar-refractivity contribution in [3.05, 3.63) is 205 Å². The van der Waals surface area contributed by atoms with Crippen molar-refractivity contribution >= 4 is 40.1 Å². The molecule has 49 heavy (non-hydrogen) atoms. The lowest BCUT2D eigenvalue weighted by Gasteiger charge is -2.27. The van der Waals surface area contributed by atoms with E-state index in [4.69, 9.17) is 0 Å². The molecular formula is C47H36N2. The monoisotopic (exact) mass is 628 g/mol. The third-order valence-electron chi connectivity index (χ3n) is 9.11. The molecular weight excluding hydrogens is 593 g/mol. The van der Waals surface area contributed by atoms with Gasteiger partial charge in [0.1, 0.15) is 0 Å². The van der Waals surface area contributed by atoms with Gasteiger partial charge in [0.25, 0.3) is 0 Å². The Balaban J connectivity index is 1.21. The minimum Gasteiger partial charge on any atom is -0.310 e. The van der Waals surface area contributed by atoms with Gasteiger partial charge in [0.05, 0.1) is 11.2 Å². The molecule has 234 valence electrons. The van der Waals surface area contributed by atoms with Crippen LogP contribution in [0.15, 0.2) is 188 Å². The second kappa shape index (κ2) is 13.4. The number of fused-ring (bicyclic) bond motifs is 1. The van der Waals surface area contributed by atoms with Gasteiger partial charge in [-0.3, -0.25) is 0 Å². The van der Waals surface area contributed by atoms with Crippen molar-refractivity contribution < 1.29 is 0 Å². The normalized spacial score (nSPS) is 11.3. The van der Waals surface area contributed by atoms with Crippen molar-refractivity contribution in [3.63, 3.8) is 0 Å². The van der Waals surface area contributed by atoms with Gasteiger partial charge in [-0.1, -0.05) is 152 Å². The average molecular weight is 629 g/mol. The van der Waals surface area contributed by atoms with Crippen LogP contribution in [0.3, 0.4) is 0 Å². The van der Waals surface area contributed by atoms with E-state index in [2.05, 4.69) is 217 Å². The summed E-state index contributed by atoms with van der Waals surface area (Å²) in [6.07, 6.45) is 4.43. The maximum atomic E-state index is 2.42. The molecule has 0 radical (unpaired) electrons. The van der Waals surface area contributed by atoms with Crippen LogP contribution < -0.4 is 4.90 Å². The summed E-state index contributed by atoms with van der Waals surface area (Å²) < 4.78 is 2.42. The molecule has 0 amide bonds. The minimum absolute atomic E-state index is 1.13. The van der Waals surface area contributed by atoms with Gasteiger partial charge >= 0.3 is 0 Å². The van der Waals surface area contributed by atoms with E-state index in [0.29, 0.717) is 0 Å². The summed E-state index contributed by atoms with van der Waals surface area (Å²) in [5.41, 5.74) is 14.1. The molecule has 0 spiro atoms. The van der Waals surface area contributed by atoms with E-state index in [9.17, 15) is 0 Å². The Morgan fingerprint density at radius 2 is 1.00 bits per heavy atom. The number of para-hydroxylation sites is 3. The van der Waals surface area contributed by atoms with Gasteiger partial charge in [0.15, 0.2) is 0 Å². The maximum Gasteiger partial charge on any atom is 0.0619 e. The van der Waals surface area contributed by atoms with E-state index in [1.54, 1.807) is 0 Å². The molecule has 0 aliphatic rings. The number of aromatic nitrogens is 1. The number of hydrogen-bond donors (Lipinski definition) is 0. The third kappa shape index (κ3) is 5.97. The molecule has 1 aromatic heterocycles. The molecule has 0 unspecified atom stereocenters. The predicted octanol–water partition coefficient (Wildman–Crippen LogP) is 12.9. The molecule has 0 atom stereocenters. The Morgan fingerprint density at radius 1 is 0.469 bits per heavy atom. The van der Waals surface area contributed by atoms with Crippen LogP contribution >= 0.6 is 0 Å². The Morgan fingerprint density at radius 3 is 1.67 bits per heavy atom. The number of anilines is 3. The van der Waals surface area contributed by atoms with Gasteiger partial charge < -0.3 is 9.47 Å². The first kappa shape index (κ1) is 30.0. The fourth-order valence-electron chi connectivity index (χ4n) is 6.77. The lowest BCUT2D eigenvalue weighted by Crippen LogP contribution is -2.11. The zero-order valence-corrected chi connectivity index (χ0v) is 27.4. The first-order valence-electron chi connectivity index (χ1n) is 16.8. The highest BCUT2D eigenvalue weighted by atomic mass is 15.1. The van der Waals surface area contributed by atoms with Crippen molar-refractivity contribution in [1.82, 2.24) is 4.57 Å². The van der Waals surface area contributed by atoms with E-state index in [0.717, 1.165) is 28.2 Å². The Hall–Kier alpha value is -6.38. The SMILES string of the molecule is Cc1ccccc1N(c1ccccc1)c1ccc(/C=C/c2ccc3c(-c4ccccc4)c(-c4ccccc4)n(-c4ccccc4)c3c2)cc1. The van der Waals surface area contributed by atoms with Crippen molar-refractivity contribution in [2.24, 2.45) is 0 Å². The highest BCUT2D eigenvalue weighted by Gasteiger charge is 2.21. The third-order valence-corrected chi connectivity index (χ3v) is 9.11. The first-order chi connectivity index (χ1) is 24.2. The summed E-state index contributed by atoms with van der Waals surface area (Å²) in [6.45, 7) is 2.17. The van der Waals surface area contributed by atoms with Gasteiger partial charge in [0, 0.05) is 33.7 Å². The van der Waals surface area contributed by atoms with Gasteiger partial charge in [-0.15, -0.1) is 0 Å². The topological polar surface area (TPSA) is 8.17 Å². The van der Waals surface area contributed by atoms with Crippen LogP contribution in [0, 0.1) is 6.92 Å². The van der Waals surface area contributed by atoms with Crippen LogP contribution in [-0.4, -0.2) is 4.57 Å². The van der Waals surface area contributed by atoms with Gasteiger partial charge in [0.2, 0.25) is 0 Å². The van der Waals surface area contributed by atoms with Gasteiger partial charge in [-0.05, 0) is 83.3 Å². The number of hydrogen-bond acceptors (Lipinski definition) is 1. The molecule has 0 saturated carbocycles. The molecule has 0 aliphatic carbocycles. The van der Waals surface area contributed by atoms with Gasteiger partial charge in [-0.25, -0.2) is 0 Å². The summed E-state index contributed by atoms with van der Waals surface area (Å²) in [4.78, 5) is 2.32. The van der Waals surface area contributed by atoms with Crippen molar-refractivity contribution in [2.75, 3.05) is 4.90 Å². The molecule has 0 bridgehead atoms. The fraction of sp³-hybridized carbons (Fsp3) is 0.0213. The standard InChI is InChI=1S/C47H36N2/c1-35-16-14-15-25-44(35)48(40-21-10-4-11-22-40)42-31-28-36(29-32-42)26-27-37-30-33-43-45(34-37)49(41-23-12-5-13-24-41)47(39-19-8-3-9-20-39)46(43)38-17-6-2-7-18-38/h2-34H,1H3/b27-26+. The van der Waals surface area contributed by atoms with Crippen LogP contribution in [0.5, 0.6) is 0 Å². The van der Waals surface area contributed by atoms with E-state index in [1.165, 1.54) is 44.5 Å². The summed E-state index contributed by atoms with van der Waals surface area (Å²) in [5.74, 6) is 0. The fourth-order valence-corrected chi connectivity index (χ4v) is 6.77. The maximum absolute atomic E-state index is 2.42. The smallest absolute Gasteiger partial charge is 0.0619 e. The van der Waals surface area contributed by atoms with E-state index in [1.807, 2.05) is 0 Å². The van der Waals surface area contributed by atoms with E-state index < -0.39 is 0 Å². The Bertz CT molecular complexity index is 2350. The quantitative estimate of drug-likeness (QED) is 0.152. The van der Waals surface area contributed by atoms with Crippen LogP contribution in [-0.2, 0) is 0 Å². The Kier molecular flexibility index (Phi) is 8.19. The summed E-state index contributed by atoms with van der Waals surface area (Å²) in [5, 5.41) is 1.23. The highest BCUT2D eigenvalue weighted by Crippen LogP contribution is 2.43. The first-order valence-corrected chi connectivity index (χ1v) is 16.8. The van der Waals surface area contributed by atoms with Crippen LogP contribution in [0.4, 0.5) is 17.1 Å². The number of rotatable bonds is 8. The summed E-state index contributed by atoms with van der Waals surface area (Å²) in [6, 6.07) is 67.0. The van der Waals surface area contributed by atoms with E-state index in [-0.39, 0.29) is 0 Å². The zero-order chi connectivity index (χ0) is 33.0. The molecule has 8 rings (SSSR count). The van der Waals surface area contributed by atoms with E-state index >= 15 is 0 Å². The van der Waals surface area contributed by atoms with Crippen LogP contribution in [0.1, 0.15) is 16.7 Å². The van der Waals surface area contributed by atoms with Crippen molar-refractivity contribution in [3.8, 4) is 28.1 Å². The summed E-state index contributed by atoms with van der Waals surface area (Å²) >= 11 is 0. The molecule has 7 aromatic carbocycles. The van der Waals surface area contributed by atoms with Gasteiger partial charge in [-0.2, -0.15) is 0 Å². The number of nitrogens with zero attached hydrogens (tertiary/aromatic N) is 2. The lowest BCUT2D eigenvalue weighted by atomic mass is 9.98. The molecule has 1 heterocycles. The predicted molar refractivity (Wildman–Crippen MR) is 209 cm³/mol. The van der Waals surface area contributed by atoms with Crippen LogP contribution in [0.2, 0.25) is 0 Å². The second-order valence-corrected chi connectivity index (χ2v) is 12.3. The molecule has 0 N–H and O–H groups in total. The van der Waals surface area contributed by atoms with Crippen LogP contribution in [0.25, 0.3) is 51.1 Å². The molecule has 0 aliphatic heterocycles. The number of aryl methyl sites for hydroxylation is 1. The zero-order valence-electron chi connectivity index (χ0n) is 27.4. The van der Waals surface area contributed by atoms with Crippen molar-refractivity contribution in [1.29, 1.82) is 0 Å². The Labute approximate surface area is 288 Å². The van der Waals surface area contributed by atoms with Crippen molar-refractivity contribution in [2.45, 2.75) is 6.92 Å². The molecule has 0 saturated heterocycles. The molecule has 2 heteroatoms. The molecule has 2 nitrogen and oxygen atoms in total. The largest absolute Gasteiger partial charge is 0.310 e. The number of benzene rings is 7. The molecule has 8 aromatic rings. The second-order valence-electron chi connectivity index (χ2n) is 12.3. The average Bonchev–Trinajstić information content (AvgIpc) is 3.51. The highest BCUT2D eigenvalue weighted by molar-refractivity contribution is 6.06. The minimum atomic E-state index is 1.13. The lowest BCUT2D eigenvalue weighted by molar-refractivity contribution is 1.13.